The van der Waals surface area contributed by atoms with Gasteiger partial charge in [-0.1, -0.05) is 0 Å². The summed E-state index contributed by atoms with van der Waals surface area (Å²) in [6.45, 7) is 4.20. The van der Waals surface area contributed by atoms with Crippen molar-refractivity contribution in [3.8, 4) is 0 Å². The summed E-state index contributed by atoms with van der Waals surface area (Å²) >= 11 is 0. The summed E-state index contributed by atoms with van der Waals surface area (Å²) in [7, 11) is 1.67. The van der Waals surface area contributed by atoms with E-state index < -0.39 is 0 Å². The topological polar surface area (TPSA) is 62.3 Å². The molecule has 0 aliphatic carbocycles. The summed E-state index contributed by atoms with van der Waals surface area (Å²) < 4.78 is 5.12. The first kappa shape index (κ1) is 14.0. The Kier molecular flexibility index (Phi) is 3.50. The molecule has 5 rings (SSSR count). The first-order valence-corrected chi connectivity index (χ1v) is 8.05. The Labute approximate surface area is 131 Å². The average molecular weight is 301 g/mol. The van der Waals surface area contributed by atoms with Gasteiger partial charge in [-0.05, 0) is 44.3 Å². The number of hydrogen-bond acceptors (Lipinski definition) is 6. The van der Waals surface area contributed by atoms with Crippen molar-refractivity contribution >= 4 is 5.82 Å². The van der Waals surface area contributed by atoms with Crippen molar-refractivity contribution in [1.82, 2.24) is 20.2 Å². The van der Waals surface area contributed by atoms with Crippen molar-refractivity contribution in [2.24, 2.45) is 5.92 Å². The number of anilines is 1. The number of rotatable bonds is 4. The van der Waals surface area contributed by atoms with E-state index in [1.54, 1.807) is 13.4 Å². The van der Waals surface area contributed by atoms with Crippen LogP contribution < -0.4 is 10.6 Å². The highest BCUT2D eigenvalue weighted by atomic mass is 16.5. The molecule has 5 heterocycles. The lowest BCUT2D eigenvalue weighted by atomic mass is 9.72. The van der Waals surface area contributed by atoms with Crippen LogP contribution in [0.4, 0.5) is 5.82 Å². The molecule has 118 valence electrons. The summed E-state index contributed by atoms with van der Waals surface area (Å²) in [4.78, 5) is 11.1. The fourth-order valence-electron chi connectivity index (χ4n) is 4.11. The van der Waals surface area contributed by atoms with Crippen molar-refractivity contribution in [3.05, 3.63) is 30.0 Å². The molecule has 6 nitrogen and oxygen atoms in total. The van der Waals surface area contributed by atoms with Gasteiger partial charge in [-0.3, -0.25) is 0 Å². The minimum Gasteiger partial charge on any atom is -0.378 e. The van der Waals surface area contributed by atoms with E-state index in [1.807, 2.05) is 6.07 Å². The highest BCUT2D eigenvalue weighted by Crippen LogP contribution is 2.41. The zero-order valence-corrected chi connectivity index (χ0v) is 13.0. The number of nitrogens with zero attached hydrogens (tertiary/aromatic N) is 3. The van der Waals surface area contributed by atoms with Gasteiger partial charge in [-0.2, -0.15) is 0 Å². The van der Waals surface area contributed by atoms with E-state index in [-0.39, 0.29) is 5.54 Å². The van der Waals surface area contributed by atoms with Gasteiger partial charge in [0.15, 0.2) is 0 Å². The maximum Gasteiger partial charge on any atom is 0.135 e. The van der Waals surface area contributed by atoms with Crippen LogP contribution in [0.2, 0.25) is 0 Å². The van der Waals surface area contributed by atoms with Gasteiger partial charge in [0.05, 0.1) is 17.8 Å². The zero-order chi connectivity index (χ0) is 15.0. The third kappa shape index (κ3) is 2.46. The Morgan fingerprint density at radius 1 is 1.41 bits per heavy atom. The van der Waals surface area contributed by atoms with Crippen molar-refractivity contribution in [3.63, 3.8) is 0 Å². The highest BCUT2D eigenvalue weighted by molar-refractivity contribution is 5.43. The molecule has 3 fully saturated rings. The summed E-state index contributed by atoms with van der Waals surface area (Å²) in [5.41, 5.74) is 1.12. The van der Waals surface area contributed by atoms with Crippen LogP contribution in [0.5, 0.6) is 0 Å². The van der Waals surface area contributed by atoms with E-state index in [4.69, 9.17) is 4.74 Å². The van der Waals surface area contributed by atoms with Crippen molar-refractivity contribution < 1.29 is 4.74 Å². The van der Waals surface area contributed by atoms with E-state index in [1.165, 1.54) is 25.9 Å². The van der Waals surface area contributed by atoms with Gasteiger partial charge in [-0.15, -0.1) is 0 Å². The zero-order valence-electron chi connectivity index (χ0n) is 13.0. The fourth-order valence-corrected chi connectivity index (χ4v) is 4.11. The lowest BCUT2D eigenvalue weighted by Gasteiger charge is -2.52. The molecule has 4 aliphatic rings. The molecule has 0 radical (unpaired) electrons. The van der Waals surface area contributed by atoms with E-state index in [9.17, 15) is 0 Å². The predicted octanol–water partition coefficient (Wildman–Crippen LogP) is 1.33. The summed E-state index contributed by atoms with van der Waals surface area (Å²) in [5.74, 6) is 2.69. The SMILES string of the molecule is COCc1cc(NC2=CC[C@@]3(CN4CCC3CC4)N2)ncn1. The van der Waals surface area contributed by atoms with Crippen molar-refractivity contribution in [2.45, 2.75) is 31.4 Å². The quantitative estimate of drug-likeness (QED) is 0.875. The van der Waals surface area contributed by atoms with Crippen LogP contribution in [0.3, 0.4) is 0 Å². The number of nitrogens with one attached hydrogen (secondary N) is 2. The highest BCUT2D eigenvalue weighted by Gasteiger charge is 2.48. The smallest absolute Gasteiger partial charge is 0.135 e. The Bertz CT molecular complexity index is 582. The van der Waals surface area contributed by atoms with Crippen LogP contribution >= 0.6 is 0 Å². The molecule has 2 bridgehead atoms. The molecule has 2 N–H and O–H groups in total. The molecule has 0 saturated carbocycles. The van der Waals surface area contributed by atoms with Gasteiger partial charge in [-0.25, -0.2) is 9.97 Å². The van der Waals surface area contributed by atoms with E-state index >= 15 is 0 Å². The number of methoxy groups -OCH3 is 1. The van der Waals surface area contributed by atoms with E-state index in [0.29, 0.717) is 6.61 Å². The molecule has 22 heavy (non-hydrogen) atoms. The van der Waals surface area contributed by atoms with Gasteiger partial charge in [0, 0.05) is 19.7 Å². The standard InChI is InChI=1S/C16H23N5O/c1-22-9-13-8-15(18-11-17-13)19-14-2-5-16(20-14)10-21-6-3-12(16)4-7-21/h2,8,11-12,20H,3-7,9-10H2,1H3,(H,17,18,19)/t16-/m0/s1. The Morgan fingerprint density at radius 2 is 2.27 bits per heavy atom. The third-order valence-electron chi connectivity index (χ3n) is 5.21. The average Bonchev–Trinajstić information content (AvgIpc) is 2.91. The van der Waals surface area contributed by atoms with Gasteiger partial charge in [0.1, 0.15) is 18.0 Å². The molecule has 0 unspecified atom stereocenters. The van der Waals surface area contributed by atoms with Gasteiger partial charge in [0.25, 0.3) is 0 Å². The van der Waals surface area contributed by atoms with Crippen LogP contribution in [0.25, 0.3) is 0 Å². The number of aromatic nitrogens is 2. The van der Waals surface area contributed by atoms with Gasteiger partial charge in [0.2, 0.25) is 0 Å². The molecule has 1 spiro atoms. The molecule has 1 atom stereocenters. The Morgan fingerprint density at radius 3 is 3.00 bits per heavy atom. The van der Waals surface area contributed by atoms with Crippen molar-refractivity contribution in [2.75, 3.05) is 32.1 Å². The van der Waals surface area contributed by atoms with Crippen molar-refractivity contribution in [1.29, 1.82) is 0 Å². The Balaban J connectivity index is 1.44. The molecule has 3 saturated heterocycles. The maximum absolute atomic E-state index is 5.12. The van der Waals surface area contributed by atoms with Crippen LogP contribution in [-0.2, 0) is 11.3 Å². The second-order valence-corrected chi connectivity index (χ2v) is 6.61. The minimum absolute atomic E-state index is 0.237. The fraction of sp³-hybridized carbons (Fsp3) is 0.625. The first-order valence-electron chi connectivity index (χ1n) is 8.05. The largest absolute Gasteiger partial charge is 0.378 e. The molecule has 6 heteroatoms. The second-order valence-electron chi connectivity index (χ2n) is 6.61. The van der Waals surface area contributed by atoms with Crippen LogP contribution in [-0.4, -0.2) is 47.2 Å². The second kappa shape index (κ2) is 5.52. The van der Waals surface area contributed by atoms with Gasteiger partial charge >= 0.3 is 0 Å². The van der Waals surface area contributed by atoms with Gasteiger partial charge < -0.3 is 20.3 Å². The van der Waals surface area contributed by atoms with E-state index in [0.717, 1.165) is 36.2 Å². The molecule has 0 amide bonds. The monoisotopic (exact) mass is 301 g/mol. The molecule has 1 aromatic heterocycles. The summed E-state index contributed by atoms with van der Waals surface area (Å²) in [6.07, 6.45) is 7.60. The Hall–Kier alpha value is -1.66. The lowest BCUT2D eigenvalue weighted by molar-refractivity contribution is 0.0189. The van der Waals surface area contributed by atoms with E-state index in [2.05, 4.69) is 31.6 Å². The summed E-state index contributed by atoms with van der Waals surface area (Å²) in [6, 6.07) is 1.94. The molecular weight excluding hydrogens is 278 g/mol. The normalized spacial score (nSPS) is 32.9. The number of fused-ring (bicyclic) bond motifs is 2. The van der Waals surface area contributed by atoms with Crippen LogP contribution in [0.1, 0.15) is 25.0 Å². The molecule has 0 aromatic carbocycles. The number of piperidine rings is 3. The van der Waals surface area contributed by atoms with Crippen LogP contribution in [0, 0.1) is 5.92 Å². The predicted molar refractivity (Wildman–Crippen MR) is 84.1 cm³/mol. The first-order chi connectivity index (χ1) is 10.8. The molecule has 1 aromatic rings. The maximum atomic E-state index is 5.12. The van der Waals surface area contributed by atoms with Crippen LogP contribution in [0.15, 0.2) is 24.3 Å². The number of hydrogen-bond donors (Lipinski definition) is 2. The molecular formula is C16H23N5O. The number of ether oxygens (including phenoxy) is 1. The molecule has 4 aliphatic heterocycles. The lowest BCUT2D eigenvalue weighted by Crippen LogP contribution is -2.64. The summed E-state index contributed by atoms with van der Waals surface area (Å²) in [5, 5.41) is 7.15. The minimum atomic E-state index is 0.237. The third-order valence-corrected chi connectivity index (χ3v) is 5.21.